The lowest BCUT2D eigenvalue weighted by molar-refractivity contribution is -0.140. The van der Waals surface area contributed by atoms with Crippen LogP contribution in [0.1, 0.15) is 69.5 Å². The second-order valence-corrected chi connectivity index (χ2v) is 8.64. The highest BCUT2D eigenvalue weighted by Crippen LogP contribution is 2.40. The summed E-state index contributed by atoms with van der Waals surface area (Å²) in [6.45, 7) is 7.64. The number of carbonyl (C=O) groups is 1. The number of pyridine rings is 2. The van der Waals surface area contributed by atoms with Crippen LogP contribution in [0.25, 0.3) is 11.0 Å². The van der Waals surface area contributed by atoms with Gasteiger partial charge < -0.3 is 4.90 Å². The number of nitrogens with zero attached hydrogens (tertiary/aromatic N) is 3. The number of amides is 1. The molecule has 1 saturated heterocycles. The molecule has 1 aliphatic carbocycles. The van der Waals surface area contributed by atoms with Crippen LogP contribution >= 0.6 is 0 Å². The van der Waals surface area contributed by atoms with Crippen molar-refractivity contribution in [1.82, 2.24) is 14.9 Å². The van der Waals surface area contributed by atoms with Gasteiger partial charge in [-0.3, -0.25) is 4.79 Å². The van der Waals surface area contributed by atoms with E-state index in [4.69, 9.17) is 4.98 Å². The average Bonchev–Trinajstić information content (AvgIpc) is 3.45. The van der Waals surface area contributed by atoms with Gasteiger partial charge in [-0.1, -0.05) is 20.8 Å². The molecule has 2 aromatic heterocycles. The van der Waals surface area contributed by atoms with E-state index >= 15 is 0 Å². The minimum Gasteiger partial charge on any atom is -0.342 e. The van der Waals surface area contributed by atoms with E-state index in [0.29, 0.717) is 5.92 Å². The SMILES string of the molecule is CC(C)(C)C(=O)N1CCC(c2ccc3cc(C4CC4)cnc3n2)CC1. The Hall–Kier alpha value is -1.97. The predicted molar refractivity (Wildman–Crippen MR) is 99.5 cm³/mol. The maximum atomic E-state index is 12.4. The highest BCUT2D eigenvalue weighted by Gasteiger charge is 2.31. The molecule has 2 aromatic rings. The maximum Gasteiger partial charge on any atom is 0.227 e. The van der Waals surface area contributed by atoms with Crippen LogP contribution < -0.4 is 0 Å². The Morgan fingerprint density at radius 3 is 2.44 bits per heavy atom. The summed E-state index contributed by atoms with van der Waals surface area (Å²) in [6, 6.07) is 6.58. The van der Waals surface area contributed by atoms with Crippen molar-refractivity contribution in [2.75, 3.05) is 13.1 Å². The third-order valence-corrected chi connectivity index (χ3v) is 5.48. The molecular formula is C21H27N3O. The lowest BCUT2D eigenvalue weighted by atomic mass is 9.89. The fourth-order valence-electron chi connectivity index (χ4n) is 3.76. The smallest absolute Gasteiger partial charge is 0.227 e. The van der Waals surface area contributed by atoms with Crippen molar-refractivity contribution in [2.24, 2.45) is 5.41 Å². The van der Waals surface area contributed by atoms with Crippen molar-refractivity contribution in [3.63, 3.8) is 0 Å². The van der Waals surface area contributed by atoms with E-state index in [9.17, 15) is 4.79 Å². The predicted octanol–water partition coefficient (Wildman–Crippen LogP) is 4.26. The Morgan fingerprint density at radius 1 is 1.08 bits per heavy atom. The Kier molecular flexibility index (Phi) is 4.01. The second-order valence-electron chi connectivity index (χ2n) is 8.64. The van der Waals surface area contributed by atoms with Gasteiger partial charge in [0.25, 0.3) is 0 Å². The third kappa shape index (κ3) is 3.39. The zero-order valence-electron chi connectivity index (χ0n) is 15.5. The van der Waals surface area contributed by atoms with E-state index in [0.717, 1.165) is 48.6 Å². The van der Waals surface area contributed by atoms with E-state index in [1.54, 1.807) is 0 Å². The Balaban J connectivity index is 1.47. The number of hydrogen-bond acceptors (Lipinski definition) is 3. The van der Waals surface area contributed by atoms with Gasteiger partial charge in [-0.15, -0.1) is 0 Å². The van der Waals surface area contributed by atoms with Crippen molar-refractivity contribution in [3.05, 3.63) is 35.7 Å². The molecule has 3 heterocycles. The van der Waals surface area contributed by atoms with Crippen LogP contribution in [-0.2, 0) is 4.79 Å². The minimum absolute atomic E-state index is 0.256. The summed E-state index contributed by atoms with van der Waals surface area (Å²) in [5.74, 6) is 1.41. The fourth-order valence-corrected chi connectivity index (χ4v) is 3.76. The van der Waals surface area contributed by atoms with Gasteiger partial charge in [0.05, 0.1) is 0 Å². The van der Waals surface area contributed by atoms with Crippen LogP contribution in [0, 0.1) is 5.41 Å². The van der Waals surface area contributed by atoms with Crippen molar-refractivity contribution in [1.29, 1.82) is 0 Å². The molecule has 2 aliphatic rings. The van der Waals surface area contributed by atoms with E-state index in [-0.39, 0.29) is 11.3 Å². The van der Waals surface area contributed by atoms with Crippen molar-refractivity contribution in [2.45, 2.75) is 58.3 Å². The molecule has 1 aliphatic heterocycles. The summed E-state index contributed by atoms with van der Waals surface area (Å²) < 4.78 is 0. The van der Waals surface area contributed by atoms with Gasteiger partial charge >= 0.3 is 0 Å². The highest BCUT2D eigenvalue weighted by atomic mass is 16.2. The first kappa shape index (κ1) is 16.5. The van der Waals surface area contributed by atoms with E-state index in [1.165, 1.54) is 18.4 Å². The molecule has 4 heteroatoms. The summed E-state index contributed by atoms with van der Waals surface area (Å²) in [5, 5.41) is 1.15. The van der Waals surface area contributed by atoms with Gasteiger partial charge in [0, 0.05) is 41.7 Å². The first-order chi connectivity index (χ1) is 11.9. The Bertz CT molecular complexity index is 796. The van der Waals surface area contributed by atoms with E-state index in [1.807, 2.05) is 31.9 Å². The van der Waals surface area contributed by atoms with Gasteiger partial charge in [-0.05, 0) is 55.4 Å². The molecule has 0 bridgehead atoms. The van der Waals surface area contributed by atoms with Crippen LogP contribution in [0.15, 0.2) is 24.4 Å². The van der Waals surface area contributed by atoms with Crippen LogP contribution in [0.3, 0.4) is 0 Å². The number of likely N-dealkylation sites (tertiary alicyclic amines) is 1. The molecule has 4 nitrogen and oxygen atoms in total. The highest BCUT2D eigenvalue weighted by molar-refractivity contribution is 5.81. The van der Waals surface area contributed by atoms with Gasteiger partial charge in [0.15, 0.2) is 5.65 Å². The number of rotatable bonds is 2. The summed E-state index contributed by atoms with van der Waals surface area (Å²) in [4.78, 5) is 23.9. The van der Waals surface area contributed by atoms with Gasteiger partial charge in [0.1, 0.15) is 0 Å². The lowest BCUT2D eigenvalue weighted by Gasteiger charge is -2.35. The normalized spacial score (nSPS) is 19.4. The third-order valence-electron chi connectivity index (χ3n) is 5.48. The number of aromatic nitrogens is 2. The molecule has 0 spiro atoms. The van der Waals surface area contributed by atoms with Crippen molar-refractivity contribution >= 4 is 16.9 Å². The zero-order chi connectivity index (χ0) is 17.6. The molecule has 4 rings (SSSR count). The molecule has 0 unspecified atom stereocenters. The molecular weight excluding hydrogens is 310 g/mol. The fraction of sp³-hybridized carbons (Fsp3) is 0.571. The van der Waals surface area contributed by atoms with Gasteiger partial charge in [-0.2, -0.15) is 0 Å². The standard InChI is InChI=1S/C21H27N3O/c1-21(2,3)20(25)24-10-8-15(9-11-24)18-7-6-16-12-17(14-4-5-14)13-22-19(16)23-18/h6-7,12-15H,4-5,8-11H2,1-3H3. The Labute approximate surface area is 149 Å². The summed E-state index contributed by atoms with van der Waals surface area (Å²) in [6.07, 6.45) is 6.57. The molecule has 1 saturated carbocycles. The van der Waals surface area contributed by atoms with Crippen LogP contribution in [0.4, 0.5) is 0 Å². The molecule has 0 radical (unpaired) electrons. The second kappa shape index (κ2) is 6.08. The van der Waals surface area contributed by atoms with Crippen molar-refractivity contribution in [3.8, 4) is 0 Å². The largest absolute Gasteiger partial charge is 0.342 e. The van der Waals surface area contributed by atoms with E-state index < -0.39 is 0 Å². The van der Waals surface area contributed by atoms with Crippen LogP contribution in [0.2, 0.25) is 0 Å². The molecule has 0 atom stereocenters. The summed E-state index contributed by atoms with van der Waals surface area (Å²) >= 11 is 0. The minimum atomic E-state index is -0.294. The monoisotopic (exact) mass is 337 g/mol. The quantitative estimate of drug-likeness (QED) is 0.822. The maximum absolute atomic E-state index is 12.4. The van der Waals surface area contributed by atoms with Gasteiger partial charge in [0.2, 0.25) is 5.91 Å². The molecule has 132 valence electrons. The topological polar surface area (TPSA) is 46.1 Å². The molecule has 25 heavy (non-hydrogen) atoms. The number of piperidine rings is 1. The molecule has 0 aromatic carbocycles. The Morgan fingerprint density at radius 2 is 1.80 bits per heavy atom. The van der Waals surface area contributed by atoms with Crippen molar-refractivity contribution < 1.29 is 4.79 Å². The summed E-state index contributed by atoms with van der Waals surface area (Å²) in [5.41, 5.74) is 3.05. The molecule has 0 N–H and O–H groups in total. The average molecular weight is 337 g/mol. The first-order valence-electron chi connectivity index (χ1n) is 9.48. The number of hydrogen-bond donors (Lipinski definition) is 0. The van der Waals surface area contributed by atoms with Crippen LogP contribution in [-0.4, -0.2) is 33.9 Å². The first-order valence-corrected chi connectivity index (χ1v) is 9.48. The van der Waals surface area contributed by atoms with Crippen LogP contribution in [0.5, 0.6) is 0 Å². The zero-order valence-corrected chi connectivity index (χ0v) is 15.5. The number of fused-ring (bicyclic) bond motifs is 1. The van der Waals surface area contributed by atoms with Gasteiger partial charge in [-0.25, -0.2) is 9.97 Å². The summed E-state index contributed by atoms with van der Waals surface area (Å²) in [7, 11) is 0. The lowest BCUT2D eigenvalue weighted by Crippen LogP contribution is -2.43. The molecule has 1 amide bonds. The molecule has 2 fully saturated rings. The van der Waals surface area contributed by atoms with E-state index in [2.05, 4.69) is 23.2 Å². The number of carbonyl (C=O) groups excluding carboxylic acids is 1.